The van der Waals surface area contributed by atoms with E-state index in [1.54, 1.807) is 7.05 Å². The van der Waals surface area contributed by atoms with E-state index in [0.29, 0.717) is 0 Å². The van der Waals surface area contributed by atoms with Gasteiger partial charge in [0.1, 0.15) is 0 Å². The van der Waals surface area contributed by atoms with E-state index in [-0.39, 0.29) is 0 Å². The second-order valence-electron chi connectivity index (χ2n) is 2.10. The summed E-state index contributed by atoms with van der Waals surface area (Å²) in [4.78, 5) is 0. The molecule has 0 aliphatic heterocycles. The Labute approximate surface area is 66.0 Å². The van der Waals surface area contributed by atoms with E-state index >= 15 is 0 Å². The van der Waals surface area contributed by atoms with E-state index in [9.17, 15) is 0 Å². The zero-order valence-corrected chi connectivity index (χ0v) is 6.60. The molecule has 0 aromatic heterocycles. The van der Waals surface area contributed by atoms with Crippen LogP contribution in [0.4, 0.5) is 0 Å². The van der Waals surface area contributed by atoms with Crippen LogP contribution >= 0.6 is 11.6 Å². The van der Waals surface area contributed by atoms with Crippen molar-refractivity contribution < 1.29 is 0 Å². The first kappa shape index (κ1) is 7.58. The first-order chi connectivity index (χ1) is 4.83. The Bertz CT molecular complexity index is 210. The number of halogens is 1. The van der Waals surface area contributed by atoms with Gasteiger partial charge in [0.25, 0.3) is 0 Å². The summed E-state index contributed by atoms with van der Waals surface area (Å²) in [7, 11) is 1.79. The highest BCUT2D eigenvalue weighted by Crippen LogP contribution is 2.11. The van der Waals surface area contributed by atoms with E-state index in [1.165, 1.54) is 0 Å². The van der Waals surface area contributed by atoms with Gasteiger partial charge in [-0.1, -0.05) is 29.3 Å². The van der Waals surface area contributed by atoms with Gasteiger partial charge < -0.3 is 5.32 Å². The van der Waals surface area contributed by atoms with Crippen LogP contribution in [0.2, 0.25) is 5.02 Å². The van der Waals surface area contributed by atoms with Gasteiger partial charge in [-0.3, -0.25) is 0 Å². The van der Waals surface area contributed by atoms with Crippen molar-refractivity contribution in [2.75, 3.05) is 7.05 Å². The van der Waals surface area contributed by atoms with E-state index in [0.717, 1.165) is 17.1 Å². The van der Waals surface area contributed by atoms with Crippen molar-refractivity contribution in [1.82, 2.24) is 0 Å². The van der Waals surface area contributed by atoms with E-state index in [4.69, 9.17) is 11.6 Å². The van der Waals surface area contributed by atoms with E-state index in [2.05, 4.69) is 5.32 Å². The Hall–Kier alpha value is -0.530. The molecule has 1 nitrogen and oxygen atoms in total. The van der Waals surface area contributed by atoms with Crippen molar-refractivity contribution in [1.29, 1.82) is 0 Å². The van der Waals surface area contributed by atoms with Crippen LogP contribution in [0.1, 0.15) is 5.56 Å². The molecule has 0 aliphatic rings. The van der Waals surface area contributed by atoms with Crippen LogP contribution in [0.5, 0.6) is 0 Å². The van der Waals surface area contributed by atoms with Crippen LogP contribution in [0.15, 0.2) is 24.3 Å². The summed E-state index contributed by atoms with van der Waals surface area (Å²) in [6.45, 7) is 0.751. The lowest BCUT2D eigenvalue weighted by atomic mass is 10.2. The standard InChI is InChI=1S/C8H9ClN/c1-10-6-7-3-2-4-8(9)5-7/h2-5H,6H2,1H3/q-1. The molecule has 1 aromatic carbocycles. The molecule has 0 amide bonds. The average molecular weight is 155 g/mol. The minimum atomic E-state index is 0.751. The Balaban J connectivity index is 2.75. The Morgan fingerprint density at radius 2 is 2.30 bits per heavy atom. The smallest absolute Gasteiger partial charge is 0.0408 e. The zero-order chi connectivity index (χ0) is 7.40. The maximum atomic E-state index is 5.74. The first-order valence-corrected chi connectivity index (χ1v) is 3.51. The monoisotopic (exact) mass is 154 g/mol. The summed E-state index contributed by atoms with van der Waals surface area (Å²) in [5.41, 5.74) is 1.16. The summed E-state index contributed by atoms with van der Waals surface area (Å²) in [5, 5.41) is 4.77. The van der Waals surface area contributed by atoms with Gasteiger partial charge in [-0.05, 0) is 12.1 Å². The molecule has 0 atom stereocenters. The summed E-state index contributed by atoms with van der Waals surface area (Å²) >= 11 is 5.74. The molecule has 0 radical (unpaired) electrons. The molecule has 0 heterocycles. The van der Waals surface area contributed by atoms with Gasteiger partial charge in [0.2, 0.25) is 0 Å². The summed E-state index contributed by atoms with van der Waals surface area (Å²) in [6, 6.07) is 7.73. The van der Waals surface area contributed by atoms with Crippen molar-refractivity contribution in [3.05, 3.63) is 40.2 Å². The molecule has 0 aliphatic carbocycles. The lowest BCUT2D eigenvalue weighted by molar-refractivity contribution is 1.19. The number of hydrogen-bond acceptors (Lipinski definition) is 0. The topological polar surface area (TPSA) is 14.1 Å². The molecular weight excluding hydrogens is 146 g/mol. The lowest BCUT2D eigenvalue weighted by Gasteiger charge is -2.10. The SMILES string of the molecule is C[N-]Cc1cccc(Cl)c1. The van der Waals surface area contributed by atoms with Crippen molar-refractivity contribution in [2.45, 2.75) is 6.54 Å². The Morgan fingerprint density at radius 3 is 2.90 bits per heavy atom. The molecule has 0 unspecified atom stereocenters. The molecule has 0 N–H and O–H groups in total. The average Bonchev–Trinajstić information content (AvgIpc) is 1.88. The highest BCUT2D eigenvalue weighted by Gasteiger charge is 1.85. The zero-order valence-electron chi connectivity index (χ0n) is 5.84. The molecule has 1 rings (SSSR count). The van der Waals surface area contributed by atoms with E-state index < -0.39 is 0 Å². The molecule has 0 saturated heterocycles. The van der Waals surface area contributed by atoms with Gasteiger partial charge in [-0.2, -0.15) is 7.05 Å². The quantitative estimate of drug-likeness (QED) is 0.622. The van der Waals surface area contributed by atoms with Crippen LogP contribution in [0, 0.1) is 0 Å². The fraction of sp³-hybridized carbons (Fsp3) is 0.250. The molecule has 0 fully saturated rings. The fourth-order valence-corrected chi connectivity index (χ4v) is 1.03. The summed E-state index contributed by atoms with van der Waals surface area (Å²) < 4.78 is 0. The molecule has 0 spiro atoms. The predicted octanol–water partition coefficient (Wildman–Crippen LogP) is 2.84. The summed E-state index contributed by atoms with van der Waals surface area (Å²) in [5.74, 6) is 0. The molecule has 0 bridgehead atoms. The van der Waals surface area contributed by atoms with Crippen LogP contribution in [0.3, 0.4) is 0 Å². The lowest BCUT2D eigenvalue weighted by Crippen LogP contribution is -1.80. The van der Waals surface area contributed by atoms with Gasteiger partial charge >= 0.3 is 0 Å². The van der Waals surface area contributed by atoms with Crippen LogP contribution in [-0.4, -0.2) is 7.05 Å². The number of rotatable bonds is 2. The van der Waals surface area contributed by atoms with Crippen LogP contribution in [0.25, 0.3) is 5.32 Å². The van der Waals surface area contributed by atoms with Gasteiger partial charge in [-0.25, -0.2) is 0 Å². The Kier molecular flexibility index (Phi) is 2.72. The number of hydrogen-bond donors (Lipinski definition) is 0. The largest absolute Gasteiger partial charge is 0.661 e. The second kappa shape index (κ2) is 3.59. The Morgan fingerprint density at radius 1 is 1.50 bits per heavy atom. The summed E-state index contributed by atoms with van der Waals surface area (Å²) in [6.07, 6.45) is 0. The van der Waals surface area contributed by atoms with Gasteiger partial charge in [-0.15, -0.1) is 6.54 Å². The van der Waals surface area contributed by atoms with Crippen molar-refractivity contribution >= 4 is 11.6 Å². The van der Waals surface area contributed by atoms with Crippen LogP contribution < -0.4 is 0 Å². The number of nitrogens with zero attached hydrogens (tertiary/aromatic N) is 1. The van der Waals surface area contributed by atoms with Gasteiger partial charge in [0.15, 0.2) is 0 Å². The molecule has 0 saturated carbocycles. The van der Waals surface area contributed by atoms with Crippen molar-refractivity contribution in [3.8, 4) is 0 Å². The van der Waals surface area contributed by atoms with E-state index in [1.807, 2.05) is 24.3 Å². The van der Waals surface area contributed by atoms with Crippen LogP contribution in [-0.2, 0) is 6.54 Å². The molecular formula is C8H9ClN-. The number of benzene rings is 1. The molecule has 1 aromatic rings. The maximum Gasteiger partial charge on any atom is 0.0408 e. The third-order valence-electron chi connectivity index (χ3n) is 1.23. The molecule has 2 heteroatoms. The highest BCUT2D eigenvalue weighted by atomic mass is 35.5. The minimum Gasteiger partial charge on any atom is -0.661 e. The predicted molar refractivity (Wildman–Crippen MR) is 44.4 cm³/mol. The normalized spacial score (nSPS) is 9.80. The first-order valence-electron chi connectivity index (χ1n) is 3.13. The van der Waals surface area contributed by atoms with Crippen molar-refractivity contribution in [3.63, 3.8) is 0 Å². The maximum absolute atomic E-state index is 5.74. The molecule has 54 valence electrons. The second-order valence-corrected chi connectivity index (χ2v) is 2.54. The van der Waals surface area contributed by atoms with Gasteiger partial charge in [0.05, 0.1) is 0 Å². The van der Waals surface area contributed by atoms with Crippen molar-refractivity contribution in [2.24, 2.45) is 0 Å². The minimum absolute atomic E-state index is 0.751. The highest BCUT2D eigenvalue weighted by molar-refractivity contribution is 6.30. The van der Waals surface area contributed by atoms with Gasteiger partial charge in [0, 0.05) is 5.02 Å². The fourth-order valence-electron chi connectivity index (χ4n) is 0.818. The third-order valence-corrected chi connectivity index (χ3v) is 1.46. The third kappa shape index (κ3) is 2.01. The molecule has 10 heavy (non-hydrogen) atoms.